The van der Waals surface area contributed by atoms with E-state index in [9.17, 15) is 18.0 Å². The molecule has 3 aromatic rings. The van der Waals surface area contributed by atoms with Crippen LogP contribution in [0.25, 0.3) is 11.2 Å². The number of imidazole rings is 1. The van der Waals surface area contributed by atoms with E-state index in [1.807, 2.05) is 30.5 Å². The lowest BCUT2D eigenvalue weighted by Crippen LogP contribution is -2.31. The van der Waals surface area contributed by atoms with E-state index >= 15 is 0 Å². The fourth-order valence-corrected chi connectivity index (χ4v) is 5.12. The topological polar surface area (TPSA) is 122 Å². The number of nitrogens with one attached hydrogen (secondary N) is 2. The molecule has 0 bridgehead atoms. The van der Waals surface area contributed by atoms with Gasteiger partial charge in [-0.3, -0.25) is 19.1 Å². The second-order valence-electron chi connectivity index (χ2n) is 8.41. The van der Waals surface area contributed by atoms with Crippen LogP contribution in [0.5, 0.6) is 0 Å². The van der Waals surface area contributed by atoms with Gasteiger partial charge in [-0.2, -0.15) is 0 Å². The van der Waals surface area contributed by atoms with E-state index in [1.54, 1.807) is 10.6 Å². The molecular weight excluding hydrogens is 444 g/mol. The summed E-state index contributed by atoms with van der Waals surface area (Å²) in [6.07, 6.45) is 4.51. The van der Waals surface area contributed by atoms with Crippen molar-refractivity contribution in [2.24, 2.45) is 0 Å². The molecule has 10 nitrogen and oxygen atoms in total. The van der Waals surface area contributed by atoms with E-state index in [1.165, 1.54) is 0 Å². The van der Waals surface area contributed by atoms with Crippen molar-refractivity contribution in [2.75, 3.05) is 22.4 Å². The lowest BCUT2D eigenvalue weighted by Gasteiger charge is -2.32. The van der Waals surface area contributed by atoms with Gasteiger partial charge in [0.15, 0.2) is 11.2 Å². The molecule has 2 aromatic heterocycles. The molecule has 0 aliphatic carbocycles. The third-order valence-corrected chi connectivity index (χ3v) is 6.58. The first-order valence-electron chi connectivity index (χ1n) is 11.3. The molecule has 0 unspecified atom stereocenters. The molecule has 0 spiro atoms. The van der Waals surface area contributed by atoms with Gasteiger partial charge >= 0.3 is 5.69 Å². The second-order valence-corrected chi connectivity index (χ2v) is 10.2. The largest absolute Gasteiger partial charge is 0.364 e. The quantitative estimate of drug-likeness (QED) is 0.515. The SMILES string of the molecule is CCCCn1c(=O)[nH]c(=O)c2c1nc(CN1CCCc3c(NS(C)(=O)=O)cccc31)n2CC. The third kappa shape index (κ3) is 4.54. The predicted octanol–water partition coefficient (Wildman–Crippen LogP) is 2.03. The number of H-pyrrole nitrogens is 1. The normalized spacial score (nSPS) is 14.0. The summed E-state index contributed by atoms with van der Waals surface area (Å²) < 4.78 is 29.7. The molecule has 0 saturated heterocycles. The molecule has 0 radical (unpaired) electrons. The average Bonchev–Trinajstić information content (AvgIpc) is 3.11. The van der Waals surface area contributed by atoms with Crippen LogP contribution in [0, 0.1) is 0 Å². The van der Waals surface area contributed by atoms with Crippen LogP contribution >= 0.6 is 0 Å². The minimum atomic E-state index is -3.39. The summed E-state index contributed by atoms with van der Waals surface area (Å²) >= 11 is 0. The zero-order valence-electron chi connectivity index (χ0n) is 19.2. The Morgan fingerprint density at radius 3 is 2.67 bits per heavy atom. The van der Waals surface area contributed by atoms with Crippen LogP contribution in [0.4, 0.5) is 11.4 Å². The molecule has 11 heteroatoms. The molecule has 0 amide bonds. The van der Waals surface area contributed by atoms with Crippen molar-refractivity contribution in [1.29, 1.82) is 0 Å². The summed E-state index contributed by atoms with van der Waals surface area (Å²) in [4.78, 5) is 34.5. The molecule has 178 valence electrons. The predicted molar refractivity (Wildman–Crippen MR) is 129 cm³/mol. The highest BCUT2D eigenvalue weighted by Crippen LogP contribution is 2.34. The fourth-order valence-electron chi connectivity index (χ4n) is 4.53. The number of rotatable bonds is 8. The Balaban J connectivity index is 1.78. The van der Waals surface area contributed by atoms with Crippen LogP contribution < -0.4 is 20.9 Å². The van der Waals surface area contributed by atoms with E-state index in [2.05, 4.69) is 14.6 Å². The number of unbranched alkanes of at least 4 members (excludes halogenated alkanes) is 1. The Morgan fingerprint density at radius 2 is 1.97 bits per heavy atom. The standard InChI is InChI=1S/C22H30N6O4S/c1-4-6-13-28-20-19(21(29)24-22(28)30)27(5-2)18(23-20)14-26-12-8-9-15-16(25-33(3,31)32)10-7-11-17(15)26/h7,10-11,25H,4-6,8-9,12-14H2,1-3H3,(H,24,29,30). The Kier molecular flexibility index (Phi) is 6.33. The van der Waals surface area contributed by atoms with Crippen LogP contribution in [0.3, 0.4) is 0 Å². The average molecular weight is 475 g/mol. The number of aromatic nitrogens is 4. The molecule has 4 rings (SSSR count). The maximum absolute atomic E-state index is 12.7. The van der Waals surface area contributed by atoms with Gasteiger partial charge < -0.3 is 9.47 Å². The Labute approximate surface area is 192 Å². The molecule has 33 heavy (non-hydrogen) atoms. The van der Waals surface area contributed by atoms with Gasteiger partial charge in [0.1, 0.15) is 5.82 Å². The van der Waals surface area contributed by atoms with Gasteiger partial charge in [-0.05, 0) is 43.9 Å². The van der Waals surface area contributed by atoms with E-state index < -0.39 is 21.3 Å². The Morgan fingerprint density at radius 1 is 1.18 bits per heavy atom. The lowest BCUT2D eigenvalue weighted by atomic mass is 10.00. The third-order valence-electron chi connectivity index (χ3n) is 5.99. The second kappa shape index (κ2) is 9.05. The summed E-state index contributed by atoms with van der Waals surface area (Å²) in [6.45, 7) is 6.25. The van der Waals surface area contributed by atoms with Crippen molar-refractivity contribution >= 4 is 32.6 Å². The van der Waals surface area contributed by atoms with Crippen molar-refractivity contribution < 1.29 is 8.42 Å². The smallest absolute Gasteiger partial charge is 0.330 e. The minimum Gasteiger partial charge on any atom is -0.364 e. The number of hydrogen-bond acceptors (Lipinski definition) is 6. The van der Waals surface area contributed by atoms with E-state index in [-0.39, 0.29) is 0 Å². The van der Waals surface area contributed by atoms with Crippen molar-refractivity contribution in [1.82, 2.24) is 19.1 Å². The molecular formula is C22H30N6O4S. The van der Waals surface area contributed by atoms with E-state index in [4.69, 9.17) is 4.98 Å². The van der Waals surface area contributed by atoms with Crippen LogP contribution in [-0.4, -0.2) is 40.3 Å². The summed E-state index contributed by atoms with van der Waals surface area (Å²) in [7, 11) is -3.39. The molecule has 0 fully saturated rings. The minimum absolute atomic E-state index is 0.410. The van der Waals surface area contributed by atoms with Gasteiger partial charge in [0.05, 0.1) is 18.5 Å². The summed E-state index contributed by atoms with van der Waals surface area (Å²) in [6, 6.07) is 5.59. The van der Waals surface area contributed by atoms with Crippen LogP contribution in [-0.2, 0) is 36.1 Å². The van der Waals surface area contributed by atoms with Gasteiger partial charge in [0.2, 0.25) is 10.0 Å². The highest BCUT2D eigenvalue weighted by atomic mass is 32.2. The number of aromatic amines is 1. The van der Waals surface area contributed by atoms with Crippen molar-refractivity contribution in [2.45, 2.75) is 59.2 Å². The molecule has 0 saturated carbocycles. The first-order valence-corrected chi connectivity index (χ1v) is 13.2. The number of nitrogens with zero attached hydrogens (tertiary/aromatic N) is 4. The zero-order valence-corrected chi connectivity index (χ0v) is 20.0. The lowest BCUT2D eigenvalue weighted by molar-refractivity contribution is 0.606. The highest BCUT2D eigenvalue weighted by molar-refractivity contribution is 7.92. The maximum Gasteiger partial charge on any atom is 0.330 e. The molecule has 2 N–H and O–H groups in total. The highest BCUT2D eigenvalue weighted by Gasteiger charge is 2.24. The van der Waals surface area contributed by atoms with Crippen molar-refractivity contribution in [3.63, 3.8) is 0 Å². The number of fused-ring (bicyclic) bond motifs is 2. The fraction of sp³-hybridized carbons (Fsp3) is 0.500. The van der Waals surface area contributed by atoms with Crippen molar-refractivity contribution in [3.05, 3.63) is 50.4 Å². The summed E-state index contributed by atoms with van der Waals surface area (Å²) in [5.74, 6) is 0.697. The summed E-state index contributed by atoms with van der Waals surface area (Å²) in [5, 5.41) is 0. The maximum atomic E-state index is 12.7. The number of anilines is 2. The van der Waals surface area contributed by atoms with Gasteiger partial charge in [-0.15, -0.1) is 0 Å². The molecule has 1 aliphatic rings. The first-order chi connectivity index (χ1) is 15.7. The van der Waals surface area contributed by atoms with E-state index in [0.29, 0.717) is 42.3 Å². The van der Waals surface area contributed by atoms with Gasteiger partial charge in [0.25, 0.3) is 5.56 Å². The van der Waals surface area contributed by atoms with Gasteiger partial charge in [0, 0.05) is 25.3 Å². The molecule has 1 aliphatic heterocycles. The zero-order chi connectivity index (χ0) is 23.8. The monoisotopic (exact) mass is 474 g/mol. The molecule has 1 aromatic carbocycles. The van der Waals surface area contributed by atoms with Crippen LogP contribution in [0.15, 0.2) is 27.8 Å². The van der Waals surface area contributed by atoms with Crippen LogP contribution in [0.2, 0.25) is 0 Å². The number of hydrogen-bond donors (Lipinski definition) is 2. The number of benzene rings is 1. The molecule has 0 atom stereocenters. The Hall–Kier alpha value is -3.08. The van der Waals surface area contributed by atoms with E-state index in [0.717, 1.165) is 49.7 Å². The number of aryl methyl sites for hydroxylation is 2. The van der Waals surface area contributed by atoms with Crippen LogP contribution in [0.1, 0.15) is 44.5 Å². The Bertz CT molecular complexity index is 1400. The first kappa shape index (κ1) is 23.1. The van der Waals surface area contributed by atoms with Gasteiger partial charge in [-0.1, -0.05) is 19.4 Å². The molecule has 3 heterocycles. The summed E-state index contributed by atoms with van der Waals surface area (Å²) in [5.41, 5.74) is 2.45. The van der Waals surface area contributed by atoms with Gasteiger partial charge in [-0.25, -0.2) is 18.2 Å². The number of sulfonamides is 1. The van der Waals surface area contributed by atoms with Crippen molar-refractivity contribution in [3.8, 4) is 0 Å².